The number of aromatic nitrogens is 2. The Kier molecular flexibility index (Phi) is 6.04. The number of aryl methyl sites for hydroxylation is 1. The van der Waals surface area contributed by atoms with Gasteiger partial charge in [-0.15, -0.1) is 0 Å². The molecule has 0 saturated carbocycles. The normalized spacial score (nSPS) is 22.7. The van der Waals surface area contributed by atoms with E-state index < -0.39 is 29.9 Å². The fourth-order valence-corrected chi connectivity index (χ4v) is 2.91. The average Bonchev–Trinajstić information content (AvgIpc) is 2.84. The first kappa shape index (κ1) is 18.5. The van der Waals surface area contributed by atoms with Gasteiger partial charge in [0.1, 0.15) is 12.3 Å². The van der Waals surface area contributed by atoms with Crippen molar-refractivity contribution in [2.45, 2.75) is 51.5 Å². The molecule has 0 aliphatic carbocycles. The molecular formula is C16H23F2N3O3. The maximum Gasteiger partial charge on any atom is 0.328 e. The number of carboxylic acids is 1. The summed E-state index contributed by atoms with van der Waals surface area (Å²) in [6, 6.07) is 0.609. The average molecular weight is 343 g/mol. The van der Waals surface area contributed by atoms with Crippen molar-refractivity contribution < 1.29 is 18.7 Å². The standard InChI is InChI=1S/C16H23F2N3O3/c1-3-4-14(16(23)24)21-15(22)10(2)7-11(19-21)5-6-20-8-12(17)13(18)9-20/h7,12-14H,3-6,8-9H2,1-2H3,(H,23,24)/t12-,13+,14?. The molecule has 3 atom stereocenters. The number of likely N-dealkylation sites (tertiary alicyclic amines) is 1. The first-order valence-corrected chi connectivity index (χ1v) is 8.16. The van der Waals surface area contributed by atoms with Gasteiger partial charge in [0.15, 0.2) is 6.04 Å². The lowest BCUT2D eigenvalue weighted by Crippen LogP contribution is -2.34. The van der Waals surface area contributed by atoms with Gasteiger partial charge in [0.05, 0.1) is 5.69 Å². The highest BCUT2D eigenvalue weighted by Gasteiger charge is 2.32. The lowest BCUT2D eigenvalue weighted by Gasteiger charge is -2.17. The lowest BCUT2D eigenvalue weighted by atomic mass is 10.1. The Bertz CT molecular complexity index is 640. The molecule has 1 N–H and O–H groups in total. The molecule has 8 heteroatoms. The summed E-state index contributed by atoms with van der Waals surface area (Å²) in [5.41, 5.74) is 0.538. The van der Waals surface area contributed by atoms with Crippen LogP contribution < -0.4 is 5.56 Å². The van der Waals surface area contributed by atoms with E-state index in [1.54, 1.807) is 17.9 Å². The summed E-state index contributed by atoms with van der Waals surface area (Å²) in [5, 5.41) is 13.5. The van der Waals surface area contributed by atoms with E-state index >= 15 is 0 Å². The molecule has 24 heavy (non-hydrogen) atoms. The topological polar surface area (TPSA) is 75.4 Å². The third-order valence-corrected chi connectivity index (χ3v) is 4.25. The molecule has 1 aliphatic heterocycles. The summed E-state index contributed by atoms with van der Waals surface area (Å²) in [6.07, 6.45) is -1.61. The van der Waals surface area contributed by atoms with Crippen LogP contribution in [0, 0.1) is 6.92 Å². The van der Waals surface area contributed by atoms with Crippen molar-refractivity contribution in [1.82, 2.24) is 14.7 Å². The predicted molar refractivity (Wildman–Crippen MR) is 84.8 cm³/mol. The minimum Gasteiger partial charge on any atom is -0.480 e. The zero-order valence-corrected chi connectivity index (χ0v) is 13.9. The van der Waals surface area contributed by atoms with Crippen LogP contribution in [-0.2, 0) is 11.2 Å². The molecule has 2 rings (SSSR count). The van der Waals surface area contributed by atoms with Crippen LogP contribution >= 0.6 is 0 Å². The highest BCUT2D eigenvalue weighted by molar-refractivity contribution is 5.71. The van der Waals surface area contributed by atoms with Crippen LogP contribution in [0.1, 0.15) is 37.1 Å². The number of nitrogens with zero attached hydrogens (tertiary/aromatic N) is 3. The molecule has 1 aliphatic rings. The Labute approximate surface area is 139 Å². The molecule has 1 aromatic rings. The van der Waals surface area contributed by atoms with Gasteiger partial charge in [-0.3, -0.25) is 9.69 Å². The summed E-state index contributed by atoms with van der Waals surface area (Å²) in [7, 11) is 0. The van der Waals surface area contributed by atoms with Gasteiger partial charge in [0, 0.05) is 31.6 Å². The quantitative estimate of drug-likeness (QED) is 0.812. The monoisotopic (exact) mass is 343 g/mol. The fraction of sp³-hybridized carbons (Fsp3) is 0.688. The molecule has 2 heterocycles. The molecule has 6 nitrogen and oxygen atoms in total. The number of carboxylic acid groups (broad SMARTS) is 1. The maximum atomic E-state index is 13.2. The molecule has 0 radical (unpaired) electrons. The van der Waals surface area contributed by atoms with Crippen LogP contribution in [0.5, 0.6) is 0 Å². The minimum atomic E-state index is -1.46. The Hall–Kier alpha value is -1.83. The summed E-state index contributed by atoms with van der Waals surface area (Å²) >= 11 is 0. The van der Waals surface area contributed by atoms with E-state index in [0.29, 0.717) is 37.1 Å². The molecule has 1 saturated heterocycles. The molecule has 1 aromatic heterocycles. The van der Waals surface area contributed by atoms with E-state index in [0.717, 1.165) is 4.68 Å². The van der Waals surface area contributed by atoms with Crippen molar-refractivity contribution in [1.29, 1.82) is 0 Å². The number of hydrogen-bond acceptors (Lipinski definition) is 4. The van der Waals surface area contributed by atoms with Crippen LogP contribution in [0.4, 0.5) is 8.78 Å². The van der Waals surface area contributed by atoms with E-state index in [1.807, 2.05) is 6.92 Å². The Balaban J connectivity index is 2.17. The molecule has 134 valence electrons. The van der Waals surface area contributed by atoms with Crippen LogP contribution in [0.2, 0.25) is 0 Å². The van der Waals surface area contributed by atoms with Crippen molar-refractivity contribution in [3.8, 4) is 0 Å². The van der Waals surface area contributed by atoms with E-state index in [2.05, 4.69) is 5.10 Å². The number of halogens is 2. The molecule has 0 spiro atoms. The van der Waals surface area contributed by atoms with E-state index in [-0.39, 0.29) is 13.1 Å². The molecule has 1 unspecified atom stereocenters. The van der Waals surface area contributed by atoms with Crippen molar-refractivity contribution >= 4 is 5.97 Å². The SMILES string of the molecule is CCCC(C(=O)O)n1nc(CCN2C[C@@H](F)[C@@H](F)C2)cc(C)c1=O. The van der Waals surface area contributed by atoms with Gasteiger partial charge >= 0.3 is 5.97 Å². The number of hydrogen-bond donors (Lipinski definition) is 1. The highest BCUT2D eigenvalue weighted by Crippen LogP contribution is 2.17. The second kappa shape index (κ2) is 7.83. The molecule has 0 aromatic carbocycles. The number of rotatable bonds is 7. The summed E-state index contributed by atoms with van der Waals surface area (Å²) < 4.78 is 27.4. The Morgan fingerprint density at radius 3 is 2.58 bits per heavy atom. The van der Waals surface area contributed by atoms with Crippen LogP contribution in [0.3, 0.4) is 0 Å². The second-order valence-corrected chi connectivity index (χ2v) is 6.25. The van der Waals surface area contributed by atoms with Crippen molar-refractivity contribution in [2.75, 3.05) is 19.6 Å². The maximum absolute atomic E-state index is 13.2. The summed E-state index contributed by atoms with van der Waals surface area (Å²) in [6.45, 7) is 3.96. The first-order chi connectivity index (χ1) is 11.3. The van der Waals surface area contributed by atoms with E-state index in [1.165, 1.54) is 0 Å². The first-order valence-electron chi connectivity index (χ1n) is 8.16. The largest absolute Gasteiger partial charge is 0.480 e. The third kappa shape index (κ3) is 4.17. The number of carbonyl (C=O) groups is 1. The minimum absolute atomic E-state index is 0.0490. The Morgan fingerprint density at radius 2 is 2.04 bits per heavy atom. The van der Waals surface area contributed by atoms with Gasteiger partial charge in [-0.1, -0.05) is 13.3 Å². The summed E-state index contributed by atoms with van der Waals surface area (Å²) in [4.78, 5) is 25.3. The van der Waals surface area contributed by atoms with Crippen molar-refractivity contribution in [3.05, 3.63) is 27.7 Å². The second-order valence-electron chi connectivity index (χ2n) is 6.25. The molecule has 0 amide bonds. The zero-order chi connectivity index (χ0) is 17.9. The fourth-order valence-electron chi connectivity index (χ4n) is 2.91. The van der Waals surface area contributed by atoms with E-state index in [9.17, 15) is 23.5 Å². The van der Waals surface area contributed by atoms with Crippen molar-refractivity contribution in [3.63, 3.8) is 0 Å². The Morgan fingerprint density at radius 1 is 1.42 bits per heavy atom. The van der Waals surface area contributed by atoms with Gasteiger partial charge in [0.2, 0.25) is 0 Å². The zero-order valence-electron chi connectivity index (χ0n) is 13.9. The van der Waals surface area contributed by atoms with Crippen LogP contribution in [-0.4, -0.2) is 57.7 Å². The summed E-state index contributed by atoms with van der Waals surface area (Å²) in [5.74, 6) is -1.09. The van der Waals surface area contributed by atoms with Crippen LogP contribution in [0.15, 0.2) is 10.9 Å². The van der Waals surface area contributed by atoms with Crippen molar-refractivity contribution in [2.24, 2.45) is 0 Å². The molecule has 1 fully saturated rings. The molecule has 0 bridgehead atoms. The number of alkyl halides is 2. The van der Waals surface area contributed by atoms with Crippen LogP contribution in [0.25, 0.3) is 0 Å². The molecular weight excluding hydrogens is 320 g/mol. The lowest BCUT2D eigenvalue weighted by molar-refractivity contribution is -0.141. The predicted octanol–water partition coefficient (Wildman–Crippen LogP) is 1.51. The van der Waals surface area contributed by atoms with Gasteiger partial charge in [0.25, 0.3) is 5.56 Å². The van der Waals surface area contributed by atoms with E-state index in [4.69, 9.17) is 0 Å². The van der Waals surface area contributed by atoms with Gasteiger partial charge < -0.3 is 5.11 Å². The van der Waals surface area contributed by atoms with Gasteiger partial charge in [-0.25, -0.2) is 18.3 Å². The van der Waals surface area contributed by atoms with Gasteiger partial charge in [-0.2, -0.15) is 5.10 Å². The highest BCUT2D eigenvalue weighted by atomic mass is 19.2. The third-order valence-electron chi connectivity index (χ3n) is 4.25. The van der Waals surface area contributed by atoms with Gasteiger partial charge in [-0.05, 0) is 19.4 Å². The number of aliphatic carboxylic acids is 1. The smallest absolute Gasteiger partial charge is 0.328 e.